The minimum atomic E-state index is -0.221. The lowest BCUT2D eigenvalue weighted by Crippen LogP contribution is -2.37. The molecular formula is C17H23N5O2S. The van der Waals surface area contributed by atoms with Crippen molar-refractivity contribution in [2.24, 2.45) is 0 Å². The standard InChI is InChI=1S/C17H23N5O2S/c1-12(16-19-10-13(2)25-16)9-20-17(23)21-14-3-4-18-11-15(14)22-5-7-24-8-6-22/h3-4,10-12H,5-9H2,1-2H3,(H2,18,20,21,23)/t12-/m1/s1. The minimum Gasteiger partial charge on any atom is -0.378 e. The van der Waals surface area contributed by atoms with Gasteiger partial charge in [0.2, 0.25) is 0 Å². The fourth-order valence-electron chi connectivity index (χ4n) is 2.65. The van der Waals surface area contributed by atoms with Gasteiger partial charge in [-0.05, 0) is 13.0 Å². The number of nitrogens with one attached hydrogen (secondary N) is 2. The van der Waals surface area contributed by atoms with E-state index in [0.29, 0.717) is 19.8 Å². The maximum Gasteiger partial charge on any atom is 0.319 e. The first-order chi connectivity index (χ1) is 12.1. The van der Waals surface area contributed by atoms with E-state index in [9.17, 15) is 4.79 Å². The van der Waals surface area contributed by atoms with Crippen LogP contribution >= 0.6 is 11.3 Å². The molecule has 2 N–H and O–H groups in total. The zero-order valence-corrected chi connectivity index (χ0v) is 15.3. The van der Waals surface area contributed by atoms with Gasteiger partial charge >= 0.3 is 6.03 Å². The Morgan fingerprint density at radius 2 is 2.20 bits per heavy atom. The highest BCUT2D eigenvalue weighted by molar-refractivity contribution is 7.11. The first-order valence-corrected chi connectivity index (χ1v) is 9.19. The number of thiazole rings is 1. The van der Waals surface area contributed by atoms with Crippen molar-refractivity contribution < 1.29 is 9.53 Å². The van der Waals surface area contributed by atoms with E-state index >= 15 is 0 Å². The summed E-state index contributed by atoms with van der Waals surface area (Å²) in [4.78, 5) is 24.2. The Morgan fingerprint density at radius 3 is 2.92 bits per heavy atom. The van der Waals surface area contributed by atoms with Gasteiger partial charge in [-0.2, -0.15) is 0 Å². The molecule has 1 fully saturated rings. The van der Waals surface area contributed by atoms with Crippen LogP contribution in [-0.2, 0) is 4.74 Å². The number of aryl methyl sites for hydroxylation is 1. The molecule has 2 aromatic heterocycles. The average molecular weight is 361 g/mol. The second kappa shape index (κ2) is 8.26. The molecule has 2 amide bonds. The number of rotatable bonds is 5. The first-order valence-electron chi connectivity index (χ1n) is 8.37. The molecule has 8 heteroatoms. The summed E-state index contributed by atoms with van der Waals surface area (Å²) >= 11 is 1.66. The number of hydrogen-bond donors (Lipinski definition) is 2. The number of pyridine rings is 1. The molecule has 1 saturated heterocycles. The van der Waals surface area contributed by atoms with Gasteiger partial charge < -0.3 is 20.3 Å². The second-order valence-corrected chi connectivity index (χ2v) is 7.30. The molecule has 1 aliphatic heterocycles. The second-order valence-electron chi connectivity index (χ2n) is 6.04. The van der Waals surface area contributed by atoms with Crippen LogP contribution < -0.4 is 15.5 Å². The predicted octanol–water partition coefficient (Wildman–Crippen LogP) is 2.61. The van der Waals surface area contributed by atoms with Crippen molar-refractivity contribution in [3.8, 4) is 0 Å². The van der Waals surface area contributed by atoms with Gasteiger partial charge in [-0.3, -0.25) is 4.98 Å². The van der Waals surface area contributed by atoms with Crippen LogP contribution in [0.15, 0.2) is 24.7 Å². The number of urea groups is 1. The van der Waals surface area contributed by atoms with Gasteiger partial charge in [-0.25, -0.2) is 9.78 Å². The lowest BCUT2D eigenvalue weighted by atomic mass is 10.2. The summed E-state index contributed by atoms with van der Waals surface area (Å²) in [6.45, 7) is 7.59. The summed E-state index contributed by atoms with van der Waals surface area (Å²) in [7, 11) is 0. The Labute approximate surface area is 151 Å². The Kier molecular flexibility index (Phi) is 5.83. The summed E-state index contributed by atoms with van der Waals surface area (Å²) < 4.78 is 5.38. The Hall–Kier alpha value is -2.19. The molecule has 0 aromatic carbocycles. The Morgan fingerprint density at radius 1 is 1.40 bits per heavy atom. The van der Waals surface area contributed by atoms with Gasteiger partial charge in [0.05, 0.1) is 35.8 Å². The zero-order chi connectivity index (χ0) is 17.6. The lowest BCUT2D eigenvalue weighted by molar-refractivity contribution is 0.122. The number of ether oxygens (including phenoxy) is 1. The molecule has 3 heterocycles. The van der Waals surface area contributed by atoms with E-state index in [1.807, 2.05) is 19.2 Å². The highest BCUT2D eigenvalue weighted by Gasteiger charge is 2.17. The molecule has 2 aromatic rings. The van der Waals surface area contributed by atoms with Crippen LogP contribution in [0.25, 0.3) is 0 Å². The lowest BCUT2D eigenvalue weighted by Gasteiger charge is -2.30. The summed E-state index contributed by atoms with van der Waals surface area (Å²) in [5, 5.41) is 6.89. The van der Waals surface area contributed by atoms with Gasteiger partial charge in [0.15, 0.2) is 0 Å². The van der Waals surface area contributed by atoms with E-state index in [0.717, 1.165) is 29.5 Å². The molecule has 1 atom stereocenters. The number of carbonyl (C=O) groups excluding carboxylic acids is 1. The Bertz CT molecular complexity index is 715. The van der Waals surface area contributed by atoms with Crippen LogP contribution in [0, 0.1) is 6.92 Å². The third-order valence-electron chi connectivity index (χ3n) is 4.03. The van der Waals surface area contributed by atoms with Gasteiger partial charge in [0.1, 0.15) is 0 Å². The fourth-order valence-corrected chi connectivity index (χ4v) is 3.47. The molecule has 1 aliphatic rings. The minimum absolute atomic E-state index is 0.181. The van der Waals surface area contributed by atoms with Crippen molar-refractivity contribution in [2.75, 3.05) is 43.1 Å². The third kappa shape index (κ3) is 4.67. The van der Waals surface area contributed by atoms with E-state index in [1.165, 1.54) is 4.88 Å². The molecule has 0 radical (unpaired) electrons. The maximum absolute atomic E-state index is 12.3. The monoisotopic (exact) mass is 361 g/mol. The van der Waals surface area contributed by atoms with Crippen LogP contribution in [0.5, 0.6) is 0 Å². The van der Waals surface area contributed by atoms with Gasteiger partial charge in [-0.1, -0.05) is 6.92 Å². The zero-order valence-electron chi connectivity index (χ0n) is 14.5. The van der Waals surface area contributed by atoms with Crippen molar-refractivity contribution in [3.63, 3.8) is 0 Å². The number of anilines is 2. The number of carbonyl (C=O) groups is 1. The largest absolute Gasteiger partial charge is 0.378 e. The third-order valence-corrected chi connectivity index (χ3v) is 5.17. The van der Waals surface area contributed by atoms with Crippen LogP contribution in [0.1, 0.15) is 22.7 Å². The van der Waals surface area contributed by atoms with E-state index in [4.69, 9.17) is 4.74 Å². The van der Waals surface area contributed by atoms with Gasteiger partial charge in [0, 0.05) is 42.8 Å². The molecule has 7 nitrogen and oxygen atoms in total. The molecule has 3 rings (SSSR count). The topological polar surface area (TPSA) is 79.4 Å². The van der Waals surface area contributed by atoms with Crippen molar-refractivity contribution in [3.05, 3.63) is 34.5 Å². The van der Waals surface area contributed by atoms with E-state index in [-0.39, 0.29) is 11.9 Å². The molecule has 0 unspecified atom stereocenters. The van der Waals surface area contributed by atoms with Crippen LogP contribution in [0.4, 0.5) is 16.2 Å². The summed E-state index contributed by atoms with van der Waals surface area (Å²) in [6.07, 6.45) is 5.32. The van der Waals surface area contributed by atoms with Crippen LogP contribution in [-0.4, -0.2) is 48.8 Å². The van der Waals surface area contributed by atoms with Gasteiger partial charge in [-0.15, -0.1) is 11.3 Å². The molecule has 134 valence electrons. The Balaban J connectivity index is 1.57. The van der Waals surface area contributed by atoms with Crippen molar-refractivity contribution in [1.82, 2.24) is 15.3 Å². The first kappa shape index (κ1) is 17.6. The molecule has 25 heavy (non-hydrogen) atoms. The molecular weight excluding hydrogens is 338 g/mol. The van der Waals surface area contributed by atoms with Crippen molar-refractivity contribution in [2.45, 2.75) is 19.8 Å². The number of aromatic nitrogens is 2. The summed E-state index contributed by atoms with van der Waals surface area (Å²) in [6, 6.07) is 1.60. The van der Waals surface area contributed by atoms with E-state index in [1.54, 1.807) is 23.7 Å². The summed E-state index contributed by atoms with van der Waals surface area (Å²) in [5.74, 6) is 0.181. The van der Waals surface area contributed by atoms with Crippen molar-refractivity contribution in [1.29, 1.82) is 0 Å². The van der Waals surface area contributed by atoms with Crippen molar-refractivity contribution >= 4 is 28.7 Å². The van der Waals surface area contributed by atoms with Crippen LogP contribution in [0.3, 0.4) is 0 Å². The average Bonchev–Trinajstić information content (AvgIpc) is 3.07. The highest BCUT2D eigenvalue weighted by atomic mass is 32.1. The predicted molar refractivity (Wildman–Crippen MR) is 99.6 cm³/mol. The smallest absolute Gasteiger partial charge is 0.319 e. The summed E-state index contributed by atoms with van der Waals surface area (Å²) in [5.41, 5.74) is 1.68. The normalized spacial score (nSPS) is 15.7. The molecule has 0 saturated carbocycles. The molecule has 0 bridgehead atoms. The maximum atomic E-state index is 12.3. The number of hydrogen-bond acceptors (Lipinski definition) is 6. The van der Waals surface area contributed by atoms with Gasteiger partial charge in [0.25, 0.3) is 0 Å². The number of amides is 2. The quantitative estimate of drug-likeness (QED) is 0.856. The molecule has 0 spiro atoms. The highest BCUT2D eigenvalue weighted by Crippen LogP contribution is 2.25. The SMILES string of the molecule is Cc1cnc([C@H](C)CNC(=O)Nc2ccncc2N2CCOCC2)s1. The fraction of sp³-hybridized carbons (Fsp3) is 0.471. The van der Waals surface area contributed by atoms with Crippen LogP contribution in [0.2, 0.25) is 0 Å². The number of nitrogens with zero attached hydrogens (tertiary/aromatic N) is 3. The van der Waals surface area contributed by atoms with E-state index < -0.39 is 0 Å². The number of morpholine rings is 1. The van der Waals surface area contributed by atoms with E-state index in [2.05, 4.69) is 32.4 Å². The molecule has 0 aliphatic carbocycles.